The van der Waals surface area contributed by atoms with Gasteiger partial charge in [-0.1, -0.05) is 6.07 Å². The van der Waals surface area contributed by atoms with Crippen LogP contribution in [0.5, 0.6) is 0 Å². The molecule has 0 radical (unpaired) electrons. The van der Waals surface area contributed by atoms with Crippen LogP contribution >= 0.6 is 0 Å². The molecule has 0 saturated heterocycles. The predicted octanol–water partition coefficient (Wildman–Crippen LogP) is 2.77. The molecule has 2 aliphatic rings. The highest BCUT2D eigenvalue weighted by atomic mass is 19.3. The molecule has 2 atom stereocenters. The van der Waals surface area contributed by atoms with Gasteiger partial charge in [-0.15, -0.1) is 0 Å². The molecular formula is C22H25F3N6O2. The zero-order chi connectivity index (χ0) is 23.9. The van der Waals surface area contributed by atoms with E-state index in [0.717, 1.165) is 6.07 Å². The normalized spacial score (nSPS) is 21.6. The molecule has 2 unspecified atom stereocenters. The molecule has 2 heterocycles. The number of carbonyl (C=O) groups excluding carboxylic acids is 2. The molecule has 1 fully saturated rings. The van der Waals surface area contributed by atoms with E-state index in [-0.39, 0.29) is 42.4 Å². The number of fused-ring (bicyclic) bond motifs is 1. The van der Waals surface area contributed by atoms with Crippen molar-refractivity contribution in [3.63, 3.8) is 0 Å². The molecule has 8 nitrogen and oxygen atoms in total. The number of nitrogens with one attached hydrogen (secondary N) is 3. The Kier molecular flexibility index (Phi) is 5.91. The maximum Gasteiger partial charge on any atom is 0.265 e. The summed E-state index contributed by atoms with van der Waals surface area (Å²) in [5.41, 5.74) is 7.14. The second kappa shape index (κ2) is 8.54. The molecule has 4 rings (SSSR count). The maximum atomic E-state index is 14.8. The van der Waals surface area contributed by atoms with Crippen molar-refractivity contribution in [2.45, 2.75) is 43.7 Å². The van der Waals surface area contributed by atoms with E-state index in [1.54, 1.807) is 25.2 Å². The lowest BCUT2D eigenvalue weighted by molar-refractivity contribution is -0.117. The first kappa shape index (κ1) is 22.8. The molecule has 0 spiro atoms. The van der Waals surface area contributed by atoms with Crippen LogP contribution in [0, 0.1) is 5.82 Å². The number of benzene rings is 1. The summed E-state index contributed by atoms with van der Waals surface area (Å²) in [5.74, 6) is -5.16. The Balaban J connectivity index is 1.69. The molecule has 1 saturated carbocycles. The van der Waals surface area contributed by atoms with Gasteiger partial charge in [-0.2, -0.15) is 0 Å². The molecule has 0 bridgehead atoms. The van der Waals surface area contributed by atoms with E-state index in [1.165, 1.54) is 11.9 Å². The molecule has 1 aliphatic heterocycles. The molecule has 1 aliphatic carbocycles. The molecule has 11 heteroatoms. The van der Waals surface area contributed by atoms with Crippen LogP contribution in [0.4, 0.5) is 36.2 Å². The van der Waals surface area contributed by atoms with Crippen molar-refractivity contribution in [2.75, 3.05) is 29.6 Å². The number of nitrogens with zero attached hydrogens (tertiary/aromatic N) is 2. The SMILES string of the molecule is CNC1C(Nc2nc(Nc3cccc4c3CC(=O)N4C)c(C(N)=O)cc2F)CCCC1(F)F. The number of likely N-dealkylation sites (N-methyl/N-ethyl adjacent to an activating group) is 2. The van der Waals surface area contributed by atoms with Gasteiger partial charge in [0.05, 0.1) is 18.0 Å². The van der Waals surface area contributed by atoms with Gasteiger partial charge < -0.3 is 26.6 Å². The summed E-state index contributed by atoms with van der Waals surface area (Å²) in [7, 11) is 3.09. The monoisotopic (exact) mass is 462 g/mol. The van der Waals surface area contributed by atoms with E-state index in [4.69, 9.17) is 5.73 Å². The predicted molar refractivity (Wildman–Crippen MR) is 119 cm³/mol. The zero-order valence-corrected chi connectivity index (χ0v) is 18.2. The van der Waals surface area contributed by atoms with E-state index < -0.39 is 29.7 Å². The van der Waals surface area contributed by atoms with Gasteiger partial charge in [0.15, 0.2) is 11.6 Å². The fourth-order valence-corrected chi connectivity index (χ4v) is 4.51. The fourth-order valence-electron chi connectivity index (χ4n) is 4.51. The number of pyridine rings is 1. The number of amides is 2. The van der Waals surface area contributed by atoms with Gasteiger partial charge >= 0.3 is 0 Å². The van der Waals surface area contributed by atoms with E-state index in [1.807, 2.05) is 0 Å². The standard InChI is InChI=1S/C22H25F3N6O2/c1-27-18-15(6-4-8-22(18,24)25)29-21-13(23)9-12(19(26)33)20(30-21)28-14-5-3-7-16-11(14)10-17(32)31(16)2/h3,5,7,9,15,18,27H,4,6,8,10H2,1-2H3,(H2,26,33)(H2,28,29,30). The van der Waals surface area contributed by atoms with Gasteiger partial charge in [0.2, 0.25) is 5.91 Å². The zero-order valence-electron chi connectivity index (χ0n) is 18.2. The van der Waals surface area contributed by atoms with E-state index in [9.17, 15) is 22.8 Å². The molecule has 176 valence electrons. The molecule has 2 aromatic rings. The topological polar surface area (TPSA) is 112 Å². The third-order valence-electron chi connectivity index (χ3n) is 6.23. The van der Waals surface area contributed by atoms with Crippen molar-refractivity contribution in [2.24, 2.45) is 5.73 Å². The Labute approximate surface area is 188 Å². The van der Waals surface area contributed by atoms with Crippen LogP contribution in [-0.4, -0.2) is 48.9 Å². The van der Waals surface area contributed by atoms with Crippen LogP contribution in [0.15, 0.2) is 24.3 Å². The van der Waals surface area contributed by atoms with Crippen LogP contribution in [0.1, 0.15) is 35.2 Å². The largest absolute Gasteiger partial charge is 0.365 e. The van der Waals surface area contributed by atoms with Crippen molar-refractivity contribution >= 4 is 34.8 Å². The lowest BCUT2D eigenvalue weighted by Crippen LogP contribution is -2.56. The van der Waals surface area contributed by atoms with Crippen molar-refractivity contribution < 1.29 is 22.8 Å². The number of nitrogens with two attached hydrogens (primary N) is 1. The van der Waals surface area contributed by atoms with E-state index in [2.05, 4.69) is 20.9 Å². The van der Waals surface area contributed by atoms with Crippen molar-refractivity contribution in [1.29, 1.82) is 0 Å². The van der Waals surface area contributed by atoms with Crippen LogP contribution in [0.2, 0.25) is 0 Å². The molecule has 1 aromatic carbocycles. The van der Waals surface area contributed by atoms with Gasteiger partial charge in [0.1, 0.15) is 5.82 Å². The molecule has 1 aromatic heterocycles. The second-order valence-corrected chi connectivity index (χ2v) is 8.31. The number of hydrogen-bond acceptors (Lipinski definition) is 6. The highest BCUT2D eigenvalue weighted by molar-refractivity contribution is 6.04. The van der Waals surface area contributed by atoms with Gasteiger partial charge in [0.25, 0.3) is 11.8 Å². The van der Waals surface area contributed by atoms with Gasteiger partial charge in [-0.05, 0) is 38.1 Å². The minimum atomic E-state index is -2.96. The quantitative estimate of drug-likeness (QED) is 0.525. The summed E-state index contributed by atoms with van der Waals surface area (Å²) in [6, 6.07) is 4.15. The Hall–Kier alpha value is -3.34. The maximum absolute atomic E-state index is 14.8. The first-order valence-electron chi connectivity index (χ1n) is 10.6. The minimum Gasteiger partial charge on any atom is -0.365 e. The molecule has 2 amide bonds. The average molecular weight is 462 g/mol. The number of alkyl halides is 2. The van der Waals surface area contributed by atoms with Crippen LogP contribution in [-0.2, 0) is 11.2 Å². The average Bonchev–Trinajstić information content (AvgIpc) is 3.04. The highest BCUT2D eigenvalue weighted by Crippen LogP contribution is 2.37. The molecule has 5 N–H and O–H groups in total. The number of rotatable bonds is 6. The summed E-state index contributed by atoms with van der Waals surface area (Å²) < 4.78 is 43.5. The molecular weight excluding hydrogens is 437 g/mol. The number of primary amides is 1. The summed E-state index contributed by atoms with van der Waals surface area (Å²) in [5, 5.41) is 8.38. The fraction of sp³-hybridized carbons (Fsp3) is 0.409. The minimum absolute atomic E-state index is 0.0367. The number of aromatic nitrogens is 1. The van der Waals surface area contributed by atoms with Crippen molar-refractivity contribution in [3.05, 3.63) is 41.2 Å². The second-order valence-electron chi connectivity index (χ2n) is 8.31. The van der Waals surface area contributed by atoms with Gasteiger partial charge in [-0.3, -0.25) is 9.59 Å². The first-order valence-corrected chi connectivity index (χ1v) is 10.6. The van der Waals surface area contributed by atoms with Gasteiger partial charge in [0, 0.05) is 36.4 Å². The Morgan fingerprint density at radius 3 is 2.76 bits per heavy atom. The lowest BCUT2D eigenvalue weighted by Gasteiger charge is -2.38. The van der Waals surface area contributed by atoms with Crippen molar-refractivity contribution in [1.82, 2.24) is 10.3 Å². The Morgan fingerprint density at radius 1 is 1.30 bits per heavy atom. The number of halogens is 3. The van der Waals surface area contributed by atoms with Crippen LogP contribution in [0.25, 0.3) is 0 Å². The third kappa shape index (κ3) is 4.20. The third-order valence-corrected chi connectivity index (χ3v) is 6.23. The number of hydrogen-bond donors (Lipinski definition) is 4. The summed E-state index contributed by atoms with van der Waals surface area (Å²) in [4.78, 5) is 29.8. The summed E-state index contributed by atoms with van der Waals surface area (Å²) in [6.07, 6.45) is 0.552. The van der Waals surface area contributed by atoms with E-state index >= 15 is 0 Å². The first-order chi connectivity index (χ1) is 15.6. The molecule has 33 heavy (non-hydrogen) atoms. The van der Waals surface area contributed by atoms with Crippen molar-refractivity contribution in [3.8, 4) is 0 Å². The van der Waals surface area contributed by atoms with Gasteiger partial charge in [-0.25, -0.2) is 18.2 Å². The Bertz CT molecular complexity index is 1110. The lowest BCUT2D eigenvalue weighted by atomic mass is 9.87. The van der Waals surface area contributed by atoms with E-state index in [0.29, 0.717) is 23.4 Å². The summed E-state index contributed by atoms with van der Waals surface area (Å²) >= 11 is 0. The summed E-state index contributed by atoms with van der Waals surface area (Å²) in [6.45, 7) is 0. The number of anilines is 4. The van der Waals surface area contributed by atoms with Crippen LogP contribution < -0.4 is 26.6 Å². The Morgan fingerprint density at radius 2 is 2.06 bits per heavy atom. The number of carbonyl (C=O) groups is 2. The smallest absolute Gasteiger partial charge is 0.265 e. The van der Waals surface area contributed by atoms with Crippen LogP contribution in [0.3, 0.4) is 0 Å². The highest BCUT2D eigenvalue weighted by Gasteiger charge is 2.46.